The molecule has 2 amide bonds. The van der Waals surface area contributed by atoms with Gasteiger partial charge >= 0.3 is 6.03 Å². The molecule has 1 fully saturated rings. The summed E-state index contributed by atoms with van der Waals surface area (Å²) in [5.41, 5.74) is 0. The molecule has 1 aromatic heterocycles. The lowest BCUT2D eigenvalue weighted by atomic mass is 10.3. The van der Waals surface area contributed by atoms with E-state index >= 15 is 0 Å². The number of likely N-dealkylation sites (tertiary alicyclic amines) is 1. The molecule has 1 atom stereocenters. The van der Waals surface area contributed by atoms with Crippen LogP contribution in [0.5, 0.6) is 0 Å². The molecule has 0 saturated carbocycles. The van der Waals surface area contributed by atoms with Crippen molar-refractivity contribution in [1.82, 2.24) is 19.9 Å². The predicted octanol–water partition coefficient (Wildman–Crippen LogP) is -0.0238. The van der Waals surface area contributed by atoms with Crippen LogP contribution in [0.1, 0.15) is 11.4 Å². The summed E-state index contributed by atoms with van der Waals surface area (Å²) in [6.07, 6.45) is 3.45. The molecule has 2 heterocycles. The highest BCUT2D eigenvalue weighted by Crippen LogP contribution is 2.10. The molecule has 0 aliphatic carbocycles. The zero-order valence-electron chi connectivity index (χ0n) is 10.5. The van der Waals surface area contributed by atoms with Gasteiger partial charge in [0.25, 0.3) is 0 Å². The highest BCUT2D eigenvalue weighted by molar-refractivity contribution is 7.88. The van der Waals surface area contributed by atoms with Crippen LogP contribution in [0.25, 0.3) is 0 Å². The molecule has 0 spiro atoms. The third-order valence-electron chi connectivity index (χ3n) is 2.73. The monoisotopic (exact) mass is 304 g/mol. The van der Waals surface area contributed by atoms with Crippen molar-refractivity contribution in [2.45, 2.75) is 19.0 Å². The number of urea groups is 1. The first-order chi connectivity index (χ1) is 8.94. The second-order valence-electron chi connectivity index (χ2n) is 4.41. The lowest BCUT2D eigenvalue weighted by molar-refractivity contribution is 0.207. The lowest BCUT2D eigenvalue weighted by Gasteiger charge is -2.17. The van der Waals surface area contributed by atoms with Crippen LogP contribution >= 0.6 is 11.3 Å². The number of amides is 2. The maximum absolute atomic E-state index is 11.9. The van der Waals surface area contributed by atoms with Crippen LogP contribution in [0.4, 0.5) is 4.79 Å². The number of carbonyl (C=O) groups excluding carboxylic acids is 1. The Balaban J connectivity index is 1.78. The van der Waals surface area contributed by atoms with E-state index in [0.717, 1.165) is 11.3 Å². The zero-order chi connectivity index (χ0) is 13.9. The van der Waals surface area contributed by atoms with Gasteiger partial charge in [0.15, 0.2) is 0 Å². The fraction of sp³-hybridized carbons (Fsp3) is 0.600. The predicted molar refractivity (Wildman–Crippen MR) is 72.3 cm³/mol. The average molecular weight is 304 g/mol. The van der Waals surface area contributed by atoms with E-state index in [-0.39, 0.29) is 12.1 Å². The quantitative estimate of drug-likeness (QED) is 0.817. The van der Waals surface area contributed by atoms with E-state index in [4.69, 9.17) is 0 Å². The molecule has 2 rings (SSSR count). The summed E-state index contributed by atoms with van der Waals surface area (Å²) in [7, 11) is -3.22. The van der Waals surface area contributed by atoms with Gasteiger partial charge in [-0.2, -0.15) is 0 Å². The standard InChI is InChI=1S/C10H16N4O3S2/c1-19(16,17)13-8-2-4-14(7-8)10(15)12-6-9-11-3-5-18-9/h3,5,8,13H,2,4,6-7H2,1H3,(H,12,15). The molecule has 9 heteroatoms. The van der Waals surface area contributed by atoms with Crippen LogP contribution in [0.3, 0.4) is 0 Å². The van der Waals surface area contributed by atoms with Gasteiger partial charge in [-0.25, -0.2) is 22.9 Å². The highest BCUT2D eigenvalue weighted by atomic mass is 32.2. The summed E-state index contributed by atoms with van der Waals surface area (Å²) in [6.45, 7) is 1.35. The molecule has 1 saturated heterocycles. The van der Waals surface area contributed by atoms with E-state index in [9.17, 15) is 13.2 Å². The summed E-state index contributed by atoms with van der Waals surface area (Å²) < 4.78 is 24.7. The minimum Gasteiger partial charge on any atom is -0.331 e. The summed E-state index contributed by atoms with van der Waals surface area (Å²) in [4.78, 5) is 17.5. The Morgan fingerprint density at radius 2 is 2.42 bits per heavy atom. The number of nitrogens with one attached hydrogen (secondary N) is 2. The molecule has 0 radical (unpaired) electrons. The number of thiazole rings is 1. The summed E-state index contributed by atoms with van der Waals surface area (Å²) in [5, 5.41) is 5.46. The molecular formula is C10H16N4O3S2. The van der Waals surface area contributed by atoms with E-state index in [2.05, 4.69) is 15.0 Å². The van der Waals surface area contributed by atoms with Crippen molar-refractivity contribution in [3.8, 4) is 0 Å². The highest BCUT2D eigenvalue weighted by Gasteiger charge is 2.27. The molecule has 0 bridgehead atoms. The van der Waals surface area contributed by atoms with E-state index in [1.54, 1.807) is 11.1 Å². The Kier molecular flexibility index (Phi) is 4.38. The van der Waals surface area contributed by atoms with Gasteiger partial charge in [0, 0.05) is 30.7 Å². The number of hydrogen-bond acceptors (Lipinski definition) is 5. The van der Waals surface area contributed by atoms with Crippen LogP contribution < -0.4 is 10.0 Å². The van der Waals surface area contributed by atoms with Gasteiger partial charge in [-0.3, -0.25) is 0 Å². The van der Waals surface area contributed by atoms with Crippen molar-refractivity contribution in [2.75, 3.05) is 19.3 Å². The van der Waals surface area contributed by atoms with Gasteiger partial charge < -0.3 is 10.2 Å². The minimum absolute atomic E-state index is 0.187. The van der Waals surface area contributed by atoms with E-state index < -0.39 is 10.0 Å². The van der Waals surface area contributed by atoms with Crippen LogP contribution in [0, 0.1) is 0 Å². The Morgan fingerprint density at radius 3 is 3.05 bits per heavy atom. The lowest BCUT2D eigenvalue weighted by Crippen LogP contribution is -2.41. The third-order valence-corrected chi connectivity index (χ3v) is 4.27. The topological polar surface area (TPSA) is 91.4 Å². The first-order valence-electron chi connectivity index (χ1n) is 5.82. The smallest absolute Gasteiger partial charge is 0.317 e. The number of aromatic nitrogens is 1. The van der Waals surface area contributed by atoms with Gasteiger partial charge in [0.2, 0.25) is 10.0 Å². The molecular weight excluding hydrogens is 288 g/mol. The zero-order valence-corrected chi connectivity index (χ0v) is 12.1. The molecule has 1 aromatic rings. The maximum atomic E-state index is 11.9. The maximum Gasteiger partial charge on any atom is 0.317 e. The first-order valence-corrected chi connectivity index (χ1v) is 8.59. The molecule has 2 N–H and O–H groups in total. The number of hydrogen-bond donors (Lipinski definition) is 2. The van der Waals surface area contributed by atoms with Crippen LogP contribution in [-0.4, -0.2) is 49.7 Å². The second kappa shape index (κ2) is 5.85. The molecule has 19 heavy (non-hydrogen) atoms. The molecule has 1 unspecified atom stereocenters. The van der Waals surface area contributed by atoms with Gasteiger partial charge in [0.1, 0.15) is 5.01 Å². The second-order valence-corrected chi connectivity index (χ2v) is 7.17. The minimum atomic E-state index is -3.22. The van der Waals surface area contributed by atoms with Crippen molar-refractivity contribution in [2.24, 2.45) is 0 Å². The summed E-state index contributed by atoms with van der Waals surface area (Å²) in [6, 6.07) is -0.381. The summed E-state index contributed by atoms with van der Waals surface area (Å²) >= 11 is 1.48. The Labute approximate surface area is 116 Å². The summed E-state index contributed by atoms with van der Waals surface area (Å²) in [5.74, 6) is 0. The number of rotatable bonds is 4. The van der Waals surface area contributed by atoms with Crippen molar-refractivity contribution in [3.63, 3.8) is 0 Å². The van der Waals surface area contributed by atoms with Crippen molar-refractivity contribution in [1.29, 1.82) is 0 Å². The van der Waals surface area contributed by atoms with Gasteiger partial charge in [-0.15, -0.1) is 11.3 Å². The number of sulfonamides is 1. The number of carbonyl (C=O) groups is 1. The van der Waals surface area contributed by atoms with E-state index in [1.165, 1.54) is 11.3 Å². The van der Waals surface area contributed by atoms with Gasteiger partial charge in [-0.1, -0.05) is 0 Å². The van der Waals surface area contributed by atoms with Crippen LogP contribution in [0.2, 0.25) is 0 Å². The average Bonchev–Trinajstić information content (AvgIpc) is 2.94. The first kappa shape index (κ1) is 14.2. The fourth-order valence-electron chi connectivity index (χ4n) is 1.95. The Morgan fingerprint density at radius 1 is 1.63 bits per heavy atom. The Bertz CT molecular complexity index is 529. The van der Waals surface area contributed by atoms with Gasteiger partial charge in [-0.05, 0) is 6.42 Å². The van der Waals surface area contributed by atoms with Crippen molar-refractivity contribution >= 4 is 27.4 Å². The molecule has 7 nitrogen and oxygen atoms in total. The molecule has 1 aliphatic heterocycles. The van der Waals surface area contributed by atoms with E-state index in [1.807, 2.05) is 5.38 Å². The van der Waals surface area contributed by atoms with Crippen molar-refractivity contribution in [3.05, 3.63) is 16.6 Å². The third kappa shape index (κ3) is 4.44. The number of nitrogens with zero attached hydrogens (tertiary/aromatic N) is 2. The largest absolute Gasteiger partial charge is 0.331 e. The molecule has 1 aliphatic rings. The fourth-order valence-corrected chi connectivity index (χ4v) is 3.30. The van der Waals surface area contributed by atoms with Gasteiger partial charge in [0.05, 0.1) is 12.8 Å². The molecule has 0 aromatic carbocycles. The Hall–Kier alpha value is -1.19. The molecule has 106 valence electrons. The van der Waals surface area contributed by atoms with Crippen LogP contribution in [0.15, 0.2) is 11.6 Å². The van der Waals surface area contributed by atoms with Crippen molar-refractivity contribution < 1.29 is 13.2 Å². The SMILES string of the molecule is CS(=O)(=O)NC1CCN(C(=O)NCc2nccs2)C1. The van der Waals surface area contributed by atoms with Crippen LogP contribution in [-0.2, 0) is 16.6 Å². The normalized spacial score (nSPS) is 19.6. The van der Waals surface area contributed by atoms with E-state index in [0.29, 0.717) is 26.1 Å².